The van der Waals surface area contributed by atoms with Crippen molar-refractivity contribution >= 4 is 53.1 Å². The molecule has 1 atom stereocenters. The number of aliphatic hydroxyl groups is 1. The molecule has 3 rings (SSSR count). The molecule has 0 amide bonds. The molecule has 10 heteroatoms. The van der Waals surface area contributed by atoms with Gasteiger partial charge in [-0.15, -0.1) is 34.2 Å². The van der Waals surface area contributed by atoms with E-state index in [1.54, 1.807) is 18.2 Å². The molecular weight excluding hydrogens is 538 g/mol. The van der Waals surface area contributed by atoms with Crippen molar-refractivity contribution in [3.8, 4) is 0 Å². The number of hydrogen-bond acceptors (Lipinski definition) is 4. The van der Waals surface area contributed by atoms with Gasteiger partial charge in [0.15, 0.2) is 5.96 Å². The van der Waals surface area contributed by atoms with Gasteiger partial charge in [0.25, 0.3) is 0 Å². The van der Waals surface area contributed by atoms with Crippen LogP contribution in [-0.4, -0.2) is 45.5 Å². The average Bonchev–Trinajstić information content (AvgIpc) is 2.91. The minimum Gasteiger partial charge on any atom is -0.386 e. The molecule has 0 spiro atoms. The summed E-state index contributed by atoms with van der Waals surface area (Å²) in [7, 11) is 0. The molecule has 0 fully saturated rings. The first-order chi connectivity index (χ1) is 14.1. The molecule has 1 aliphatic rings. The second kappa shape index (κ2) is 12.7. The SMILES string of the molecule is CCNC(=NCC(O)c1cc(Cl)cc(Cl)c1)NCCc1nnc2n1CCCCC2.I. The maximum Gasteiger partial charge on any atom is 0.191 e. The summed E-state index contributed by atoms with van der Waals surface area (Å²) in [5.74, 6) is 2.76. The van der Waals surface area contributed by atoms with Crippen LogP contribution in [0.3, 0.4) is 0 Å². The standard InChI is InChI=1S/C20H28Cl2N6O.HI/c1-2-23-20(25-13-17(29)14-10-15(21)12-16(22)11-14)24-8-7-19-27-26-18-6-4-3-5-9-28(18)19;/h10-12,17,29H,2-9,13H2,1H3,(H2,23,24,25);1H. The maximum absolute atomic E-state index is 10.4. The molecule has 0 radical (unpaired) electrons. The number of nitrogens with zero attached hydrogens (tertiary/aromatic N) is 4. The molecule has 166 valence electrons. The monoisotopic (exact) mass is 566 g/mol. The van der Waals surface area contributed by atoms with Crippen molar-refractivity contribution in [2.24, 2.45) is 4.99 Å². The molecule has 0 aliphatic carbocycles. The number of aliphatic hydroxyl groups excluding tert-OH is 1. The van der Waals surface area contributed by atoms with Gasteiger partial charge in [-0.05, 0) is 43.5 Å². The van der Waals surface area contributed by atoms with Crippen molar-refractivity contribution in [2.75, 3.05) is 19.6 Å². The van der Waals surface area contributed by atoms with Crippen LogP contribution in [0.15, 0.2) is 23.2 Å². The number of guanidine groups is 1. The van der Waals surface area contributed by atoms with Gasteiger partial charge in [-0.1, -0.05) is 29.6 Å². The van der Waals surface area contributed by atoms with Crippen molar-refractivity contribution < 1.29 is 5.11 Å². The fourth-order valence-electron chi connectivity index (χ4n) is 3.42. The van der Waals surface area contributed by atoms with Gasteiger partial charge in [0.05, 0.1) is 12.6 Å². The number of aliphatic imine (C=N–C) groups is 1. The molecule has 1 aliphatic heterocycles. The van der Waals surface area contributed by atoms with Crippen LogP contribution in [0.4, 0.5) is 0 Å². The van der Waals surface area contributed by atoms with Crippen LogP contribution in [0.1, 0.15) is 49.5 Å². The number of halogens is 3. The number of fused-ring (bicyclic) bond motifs is 1. The lowest BCUT2D eigenvalue weighted by atomic mass is 10.1. The summed E-state index contributed by atoms with van der Waals surface area (Å²) in [6, 6.07) is 5.04. The Morgan fingerprint density at radius 3 is 2.67 bits per heavy atom. The second-order valence-electron chi connectivity index (χ2n) is 7.11. The number of aromatic nitrogens is 3. The highest BCUT2D eigenvalue weighted by Gasteiger charge is 2.14. The summed E-state index contributed by atoms with van der Waals surface area (Å²) in [5.41, 5.74) is 0.647. The Morgan fingerprint density at radius 1 is 1.17 bits per heavy atom. The molecule has 1 aromatic heterocycles. The quantitative estimate of drug-likeness (QED) is 0.270. The van der Waals surface area contributed by atoms with E-state index < -0.39 is 6.10 Å². The lowest BCUT2D eigenvalue weighted by molar-refractivity contribution is 0.187. The van der Waals surface area contributed by atoms with E-state index in [-0.39, 0.29) is 30.5 Å². The molecule has 7 nitrogen and oxygen atoms in total. The predicted molar refractivity (Wildman–Crippen MR) is 132 cm³/mol. The maximum atomic E-state index is 10.4. The Hall–Kier alpha value is -1.10. The molecule has 30 heavy (non-hydrogen) atoms. The second-order valence-corrected chi connectivity index (χ2v) is 7.98. The van der Waals surface area contributed by atoms with Crippen molar-refractivity contribution in [1.29, 1.82) is 0 Å². The molecular formula is C20H29Cl2IN6O. The zero-order valence-electron chi connectivity index (χ0n) is 17.1. The summed E-state index contributed by atoms with van der Waals surface area (Å²) in [4.78, 5) is 4.49. The Labute approximate surface area is 204 Å². The van der Waals surface area contributed by atoms with Crippen molar-refractivity contribution in [3.63, 3.8) is 0 Å². The summed E-state index contributed by atoms with van der Waals surface area (Å²) < 4.78 is 2.26. The van der Waals surface area contributed by atoms with Gasteiger partial charge in [-0.25, -0.2) is 0 Å². The van der Waals surface area contributed by atoms with Crippen LogP contribution in [0.5, 0.6) is 0 Å². The highest BCUT2D eigenvalue weighted by atomic mass is 127. The Bertz CT molecular complexity index is 824. The van der Waals surface area contributed by atoms with Gasteiger partial charge in [-0.2, -0.15) is 0 Å². The summed E-state index contributed by atoms with van der Waals surface area (Å²) in [6.45, 7) is 4.61. The Morgan fingerprint density at radius 2 is 1.93 bits per heavy atom. The third-order valence-electron chi connectivity index (χ3n) is 4.86. The number of rotatable bonds is 7. The van der Waals surface area contributed by atoms with E-state index >= 15 is 0 Å². The van der Waals surface area contributed by atoms with Gasteiger partial charge >= 0.3 is 0 Å². The third-order valence-corrected chi connectivity index (χ3v) is 5.30. The Kier molecular flexibility index (Phi) is 10.6. The first kappa shape index (κ1) is 25.2. The smallest absolute Gasteiger partial charge is 0.191 e. The molecule has 0 bridgehead atoms. The average molecular weight is 567 g/mol. The van der Waals surface area contributed by atoms with E-state index in [1.807, 2.05) is 6.92 Å². The zero-order chi connectivity index (χ0) is 20.6. The molecule has 1 unspecified atom stereocenters. The van der Waals surface area contributed by atoms with Crippen LogP contribution >= 0.6 is 47.2 Å². The van der Waals surface area contributed by atoms with E-state index in [0.29, 0.717) is 28.1 Å². The van der Waals surface area contributed by atoms with Crippen LogP contribution in [0.25, 0.3) is 0 Å². The Balaban J connectivity index is 0.00000320. The number of nitrogens with one attached hydrogen (secondary N) is 2. The molecule has 2 heterocycles. The molecule has 3 N–H and O–H groups in total. The van der Waals surface area contributed by atoms with Crippen LogP contribution < -0.4 is 10.6 Å². The summed E-state index contributed by atoms with van der Waals surface area (Å²) in [5, 5.41) is 26.6. The van der Waals surface area contributed by atoms with Crippen LogP contribution in [-0.2, 0) is 19.4 Å². The fourth-order valence-corrected chi connectivity index (χ4v) is 3.96. The summed E-state index contributed by atoms with van der Waals surface area (Å²) in [6.07, 6.45) is 4.61. The highest BCUT2D eigenvalue weighted by molar-refractivity contribution is 14.0. The molecule has 0 saturated heterocycles. The van der Waals surface area contributed by atoms with Gasteiger partial charge in [-0.3, -0.25) is 4.99 Å². The van der Waals surface area contributed by atoms with Gasteiger partial charge < -0.3 is 20.3 Å². The van der Waals surface area contributed by atoms with E-state index in [2.05, 4.69) is 30.4 Å². The fraction of sp³-hybridized carbons (Fsp3) is 0.550. The number of aryl methyl sites for hydroxylation is 1. The van der Waals surface area contributed by atoms with Crippen LogP contribution in [0.2, 0.25) is 10.0 Å². The first-order valence-electron chi connectivity index (χ1n) is 10.1. The minimum absolute atomic E-state index is 0. The van der Waals surface area contributed by atoms with E-state index in [4.69, 9.17) is 23.2 Å². The topological polar surface area (TPSA) is 87.4 Å². The lowest BCUT2D eigenvalue weighted by Crippen LogP contribution is -2.38. The predicted octanol–water partition coefficient (Wildman–Crippen LogP) is 3.76. The van der Waals surface area contributed by atoms with Gasteiger partial charge in [0.2, 0.25) is 0 Å². The van der Waals surface area contributed by atoms with Crippen molar-refractivity contribution in [1.82, 2.24) is 25.4 Å². The minimum atomic E-state index is -0.783. The van der Waals surface area contributed by atoms with Crippen molar-refractivity contribution in [2.45, 2.75) is 51.7 Å². The van der Waals surface area contributed by atoms with Crippen LogP contribution in [0, 0.1) is 0 Å². The third kappa shape index (κ3) is 7.25. The highest BCUT2D eigenvalue weighted by Crippen LogP contribution is 2.23. The van der Waals surface area contributed by atoms with Gasteiger partial charge in [0.1, 0.15) is 11.6 Å². The van der Waals surface area contributed by atoms with Crippen molar-refractivity contribution in [3.05, 3.63) is 45.5 Å². The summed E-state index contributed by atoms with van der Waals surface area (Å²) >= 11 is 12.0. The number of hydrogen-bond donors (Lipinski definition) is 3. The molecule has 2 aromatic rings. The molecule has 0 saturated carbocycles. The van der Waals surface area contributed by atoms with E-state index in [0.717, 1.165) is 37.6 Å². The zero-order valence-corrected chi connectivity index (χ0v) is 20.9. The lowest BCUT2D eigenvalue weighted by Gasteiger charge is -2.14. The molecule has 1 aromatic carbocycles. The van der Waals surface area contributed by atoms with Gasteiger partial charge in [0, 0.05) is 42.5 Å². The first-order valence-corrected chi connectivity index (χ1v) is 10.9. The number of benzene rings is 1. The largest absolute Gasteiger partial charge is 0.386 e. The normalized spacial score (nSPS) is 15.0. The van der Waals surface area contributed by atoms with E-state index in [9.17, 15) is 5.11 Å². The van der Waals surface area contributed by atoms with E-state index in [1.165, 1.54) is 19.3 Å².